The molecule has 1 nitrogen and oxygen atoms in total. The molecule has 1 aliphatic heterocycles. The number of rotatable bonds is 2. The van der Waals surface area contributed by atoms with Gasteiger partial charge in [0.25, 0.3) is 0 Å². The van der Waals surface area contributed by atoms with Crippen LogP contribution in [0.1, 0.15) is 16.4 Å². The van der Waals surface area contributed by atoms with Crippen LogP contribution in [0, 0.1) is 0 Å². The van der Waals surface area contributed by atoms with Crippen molar-refractivity contribution in [3.05, 3.63) is 64.4 Å². The van der Waals surface area contributed by atoms with E-state index in [4.69, 9.17) is 12.2 Å². The zero-order valence-corrected chi connectivity index (χ0v) is 11.9. The fourth-order valence-corrected chi connectivity index (χ4v) is 3.96. The number of hydrogen-bond donors (Lipinski definition) is 1. The van der Waals surface area contributed by atoms with E-state index in [1.54, 1.807) is 23.1 Å². The lowest BCUT2D eigenvalue weighted by Gasteiger charge is -2.22. The monoisotopic (exact) mass is 289 g/mol. The second kappa shape index (κ2) is 5.26. The standard InChI is InChI=1S/C14H11NS3/c16-14-15-12(10-4-2-1-3-5-10)8-13(18-14)11-6-7-17-9-11/h1-9,13H,(H,15,16)/t13-/m1/s1. The van der Waals surface area contributed by atoms with Gasteiger partial charge in [-0.2, -0.15) is 11.3 Å². The average Bonchev–Trinajstić information content (AvgIpc) is 2.93. The van der Waals surface area contributed by atoms with E-state index in [1.165, 1.54) is 11.1 Å². The molecule has 18 heavy (non-hydrogen) atoms. The highest BCUT2D eigenvalue weighted by Gasteiger charge is 2.20. The highest BCUT2D eigenvalue weighted by atomic mass is 32.2. The minimum absolute atomic E-state index is 0.320. The first kappa shape index (κ1) is 12.0. The summed E-state index contributed by atoms with van der Waals surface area (Å²) in [5.74, 6) is 0. The molecule has 1 aliphatic rings. The molecule has 0 bridgehead atoms. The number of thioether (sulfide) groups is 1. The van der Waals surface area contributed by atoms with Crippen LogP contribution in [-0.2, 0) is 0 Å². The summed E-state index contributed by atoms with van der Waals surface area (Å²) >= 11 is 8.77. The zero-order valence-electron chi connectivity index (χ0n) is 9.50. The minimum atomic E-state index is 0.320. The van der Waals surface area contributed by atoms with Crippen molar-refractivity contribution in [2.45, 2.75) is 5.25 Å². The van der Waals surface area contributed by atoms with Crippen LogP contribution in [-0.4, -0.2) is 4.32 Å². The molecule has 1 aromatic carbocycles. The summed E-state index contributed by atoms with van der Waals surface area (Å²) in [6, 6.07) is 12.5. The molecule has 4 heteroatoms. The summed E-state index contributed by atoms with van der Waals surface area (Å²) in [7, 11) is 0. The Bertz CT molecular complexity index is 572. The van der Waals surface area contributed by atoms with E-state index in [1.807, 2.05) is 18.2 Å². The van der Waals surface area contributed by atoms with Gasteiger partial charge in [0.15, 0.2) is 0 Å². The molecule has 0 amide bonds. The summed E-state index contributed by atoms with van der Waals surface area (Å²) < 4.78 is 0.840. The predicted molar refractivity (Wildman–Crippen MR) is 84.8 cm³/mol. The van der Waals surface area contributed by atoms with Gasteiger partial charge >= 0.3 is 0 Å². The van der Waals surface area contributed by atoms with Crippen molar-refractivity contribution in [2.75, 3.05) is 0 Å². The maximum absolute atomic E-state index is 5.35. The summed E-state index contributed by atoms with van der Waals surface area (Å²) in [6.45, 7) is 0. The molecule has 0 unspecified atom stereocenters. The number of thiophene rings is 1. The Morgan fingerprint density at radius 2 is 1.94 bits per heavy atom. The van der Waals surface area contributed by atoms with Crippen LogP contribution in [0.15, 0.2) is 53.2 Å². The first-order valence-corrected chi connectivity index (χ1v) is 7.83. The van der Waals surface area contributed by atoms with E-state index >= 15 is 0 Å². The van der Waals surface area contributed by atoms with E-state index in [0.717, 1.165) is 10.0 Å². The predicted octanol–water partition coefficient (Wildman–Crippen LogP) is 4.45. The van der Waals surface area contributed by atoms with Gasteiger partial charge in [-0.05, 0) is 34.0 Å². The van der Waals surface area contributed by atoms with Crippen molar-refractivity contribution < 1.29 is 0 Å². The lowest BCUT2D eigenvalue weighted by atomic mass is 10.1. The van der Waals surface area contributed by atoms with Crippen molar-refractivity contribution >= 4 is 45.3 Å². The average molecular weight is 289 g/mol. The molecule has 0 radical (unpaired) electrons. The molecule has 3 rings (SSSR count). The van der Waals surface area contributed by atoms with Crippen molar-refractivity contribution in [1.29, 1.82) is 0 Å². The number of benzene rings is 1. The molecular formula is C14H11NS3. The van der Waals surface area contributed by atoms with Crippen molar-refractivity contribution in [1.82, 2.24) is 5.32 Å². The topological polar surface area (TPSA) is 12.0 Å². The van der Waals surface area contributed by atoms with Gasteiger partial charge in [-0.15, -0.1) is 0 Å². The molecule has 0 spiro atoms. The third-order valence-corrected chi connectivity index (χ3v) is 4.82. The lowest BCUT2D eigenvalue weighted by molar-refractivity contribution is 1.20. The second-order valence-corrected chi connectivity index (χ2v) is 6.55. The fraction of sp³-hybridized carbons (Fsp3) is 0.0714. The highest BCUT2D eigenvalue weighted by Crippen LogP contribution is 2.37. The van der Waals surface area contributed by atoms with Gasteiger partial charge in [0.2, 0.25) is 0 Å². The molecule has 1 N–H and O–H groups in total. The summed E-state index contributed by atoms with van der Waals surface area (Å²) in [6.07, 6.45) is 2.25. The summed E-state index contributed by atoms with van der Waals surface area (Å²) in [5, 5.41) is 7.90. The van der Waals surface area contributed by atoms with E-state index in [0.29, 0.717) is 5.25 Å². The highest BCUT2D eigenvalue weighted by molar-refractivity contribution is 8.23. The number of thiocarbonyl (C=S) groups is 1. The lowest BCUT2D eigenvalue weighted by Crippen LogP contribution is -2.22. The maximum atomic E-state index is 5.35. The molecule has 0 saturated heterocycles. The molecule has 0 saturated carbocycles. The quantitative estimate of drug-likeness (QED) is 0.820. The Labute approximate surface area is 120 Å². The Morgan fingerprint density at radius 1 is 1.11 bits per heavy atom. The zero-order chi connectivity index (χ0) is 12.4. The SMILES string of the molecule is S=C1NC(c2ccccc2)=C[C@H](c2ccsc2)S1. The van der Waals surface area contributed by atoms with Gasteiger partial charge in [0.1, 0.15) is 4.32 Å². The molecule has 1 aromatic heterocycles. The molecule has 0 aliphatic carbocycles. The number of nitrogens with one attached hydrogen (secondary N) is 1. The van der Waals surface area contributed by atoms with Crippen molar-refractivity contribution in [3.63, 3.8) is 0 Å². The third-order valence-electron chi connectivity index (χ3n) is 2.75. The van der Waals surface area contributed by atoms with Crippen LogP contribution >= 0.6 is 35.3 Å². The van der Waals surface area contributed by atoms with Crippen LogP contribution in [0.3, 0.4) is 0 Å². The maximum Gasteiger partial charge on any atom is 0.139 e. The van der Waals surface area contributed by atoms with E-state index < -0.39 is 0 Å². The first-order valence-electron chi connectivity index (χ1n) is 5.60. The molecule has 2 heterocycles. The van der Waals surface area contributed by atoms with E-state index in [2.05, 4.69) is 40.4 Å². The van der Waals surface area contributed by atoms with E-state index in [9.17, 15) is 0 Å². The normalized spacial score (nSPS) is 19.2. The largest absolute Gasteiger partial charge is 0.341 e. The summed E-state index contributed by atoms with van der Waals surface area (Å²) in [4.78, 5) is 0. The Morgan fingerprint density at radius 3 is 2.67 bits per heavy atom. The van der Waals surface area contributed by atoms with Gasteiger partial charge in [-0.25, -0.2) is 0 Å². The second-order valence-electron chi connectivity index (χ2n) is 3.95. The first-order chi connectivity index (χ1) is 8.83. The van der Waals surface area contributed by atoms with Crippen LogP contribution in [0.5, 0.6) is 0 Å². The smallest absolute Gasteiger partial charge is 0.139 e. The number of hydrogen-bond acceptors (Lipinski definition) is 3. The van der Waals surface area contributed by atoms with Gasteiger partial charge in [0, 0.05) is 5.70 Å². The minimum Gasteiger partial charge on any atom is -0.341 e. The van der Waals surface area contributed by atoms with Gasteiger partial charge in [-0.1, -0.05) is 54.3 Å². The van der Waals surface area contributed by atoms with Gasteiger partial charge < -0.3 is 5.32 Å². The van der Waals surface area contributed by atoms with Crippen molar-refractivity contribution in [2.24, 2.45) is 0 Å². The molecule has 90 valence electrons. The Kier molecular flexibility index (Phi) is 3.50. The molecular weight excluding hydrogens is 278 g/mol. The van der Waals surface area contributed by atoms with Crippen LogP contribution in [0.2, 0.25) is 0 Å². The Hall–Kier alpha value is -1.10. The summed E-state index contributed by atoms with van der Waals surface area (Å²) in [5.41, 5.74) is 3.61. The Balaban J connectivity index is 1.97. The van der Waals surface area contributed by atoms with E-state index in [-0.39, 0.29) is 0 Å². The van der Waals surface area contributed by atoms with Crippen LogP contribution in [0.4, 0.5) is 0 Å². The molecule has 1 atom stereocenters. The molecule has 2 aromatic rings. The van der Waals surface area contributed by atoms with Crippen molar-refractivity contribution in [3.8, 4) is 0 Å². The van der Waals surface area contributed by atoms with Gasteiger partial charge in [0.05, 0.1) is 5.25 Å². The van der Waals surface area contributed by atoms with Gasteiger partial charge in [-0.3, -0.25) is 0 Å². The van der Waals surface area contributed by atoms with Crippen LogP contribution < -0.4 is 5.32 Å². The fourth-order valence-electron chi connectivity index (χ4n) is 1.87. The third kappa shape index (κ3) is 2.51. The van der Waals surface area contributed by atoms with Crippen LogP contribution in [0.25, 0.3) is 5.70 Å². The molecule has 0 fully saturated rings.